The smallest absolute Gasteiger partial charge is 0.337 e. The van der Waals surface area contributed by atoms with Gasteiger partial charge in [-0.15, -0.1) is 0 Å². The second-order valence-electron chi connectivity index (χ2n) is 3.86. The monoisotopic (exact) mass is 250 g/mol. The van der Waals surface area contributed by atoms with Gasteiger partial charge in [0.1, 0.15) is 0 Å². The van der Waals surface area contributed by atoms with E-state index < -0.39 is 5.97 Å². The lowest BCUT2D eigenvalue weighted by Crippen LogP contribution is -2.33. The van der Waals surface area contributed by atoms with Crippen molar-refractivity contribution in [3.8, 4) is 0 Å². The van der Waals surface area contributed by atoms with Crippen LogP contribution in [-0.4, -0.2) is 41.5 Å². The van der Waals surface area contributed by atoms with Crippen molar-refractivity contribution in [1.29, 1.82) is 0 Å². The number of rotatable bonds is 6. The van der Waals surface area contributed by atoms with Crippen LogP contribution in [0.5, 0.6) is 0 Å². The number of carboxylic acids is 1. The summed E-state index contributed by atoms with van der Waals surface area (Å²) in [5.74, 6) is -1.25. The topological polar surface area (TPSA) is 69.6 Å². The van der Waals surface area contributed by atoms with Crippen LogP contribution in [0.3, 0.4) is 0 Å². The third-order valence-electron chi connectivity index (χ3n) is 2.69. The lowest BCUT2D eigenvalue weighted by molar-refractivity contribution is -0.117. The van der Waals surface area contributed by atoms with E-state index in [9.17, 15) is 9.59 Å². The number of hydrogen-bond donors (Lipinski definition) is 2. The van der Waals surface area contributed by atoms with Gasteiger partial charge in [0.15, 0.2) is 0 Å². The number of nitrogens with one attached hydrogen (secondary N) is 1. The predicted molar refractivity (Wildman–Crippen MR) is 69.8 cm³/mol. The molecule has 0 heterocycles. The van der Waals surface area contributed by atoms with E-state index in [0.717, 1.165) is 13.1 Å². The molecule has 0 saturated carbocycles. The van der Waals surface area contributed by atoms with Crippen LogP contribution in [0.2, 0.25) is 0 Å². The van der Waals surface area contributed by atoms with Gasteiger partial charge in [0.05, 0.1) is 17.8 Å². The molecule has 0 saturated heterocycles. The lowest BCUT2D eigenvalue weighted by Gasteiger charge is -2.17. The van der Waals surface area contributed by atoms with Gasteiger partial charge in [-0.1, -0.05) is 26.0 Å². The number of aromatic carboxylic acids is 1. The quantitative estimate of drug-likeness (QED) is 0.805. The molecule has 1 amide bonds. The molecule has 0 radical (unpaired) electrons. The molecule has 18 heavy (non-hydrogen) atoms. The molecule has 2 N–H and O–H groups in total. The van der Waals surface area contributed by atoms with Gasteiger partial charge in [-0.2, -0.15) is 0 Å². The molecule has 0 aliphatic heterocycles. The molecule has 0 fully saturated rings. The van der Waals surface area contributed by atoms with Crippen molar-refractivity contribution in [3.63, 3.8) is 0 Å². The maximum absolute atomic E-state index is 11.8. The van der Waals surface area contributed by atoms with E-state index in [1.54, 1.807) is 18.2 Å². The van der Waals surface area contributed by atoms with E-state index in [4.69, 9.17) is 5.11 Å². The van der Waals surface area contributed by atoms with Gasteiger partial charge in [0.25, 0.3) is 0 Å². The zero-order valence-electron chi connectivity index (χ0n) is 10.6. The highest BCUT2D eigenvalue weighted by molar-refractivity contribution is 6.01. The van der Waals surface area contributed by atoms with Crippen molar-refractivity contribution in [1.82, 2.24) is 4.90 Å². The fraction of sp³-hybridized carbons (Fsp3) is 0.385. The maximum atomic E-state index is 11.8. The van der Waals surface area contributed by atoms with E-state index in [-0.39, 0.29) is 18.0 Å². The third-order valence-corrected chi connectivity index (χ3v) is 2.69. The van der Waals surface area contributed by atoms with Crippen LogP contribution in [0.1, 0.15) is 24.2 Å². The molecular weight excluding hydrogens is 232 g/mol. The average molecular weight is 250 g/mol. The van der Waals surface area contributed by atoms with Crippen molar-refractivity contribution in [2.24, 2.45) is 0 Å². The zero-order chi connectivity index (χ0) is 13.5. The molecule has 1 rings (SSSR count). The van der Waals surface area contributed by atoms with E-state index in [2.05, 4.69) is 5.32 Å². The van der Waals surface area contributed by atoms with Gasteiger partial charge < -0.3 is 10.4 Å². The largest absolute Gasteiger partial charge is 0.478 e. The second kappa shape index (κ2) is 6.76. The molecule has 98 valence electrons. The summed E-state index contributed by atoms with van der Waals surface area (Å²) >= 11 is 0. The number of carbonyl (C=O) groups excluding carboxylic acids is 1. The SMILES string of the molecule is CCN(CC)CC(=O)Nc1ccccc1C(=O)O. The molecule has 0 aromatic heterocycles. The molecule has 5 nitrogen and oxygen atoms in total. The molecule has 0 atom stereocenters. The average Bonchev–Trinajstić information content (AvgIpc) is 2.36. The number of nitrogens with zero attached hydrogens (tertiary/aromatic N) is 1. The molecule has 5 heteroatoms. The number of benzene rings is 1. The first-order valence-electron chi connectivity index (χ1n) is 5.93. The van der Waals surface area contributed by atoms with Crippen LogP contribution in [0.4, 0.5) is 5.69 Å². The van der Waals surface area contributed by atoms with Gasteiger partial charge in [-0.25, -0.2) is 4.79 Å². The van der Waals surface area contributed by atoms with Crippen LogP contribution in [-0.2, 0) is 4.79 Å². The Morgan fingerprint density at radius 3 is 2.39 bits per heavy atom. The maximum Gasteiger partial charge on any atom is 0.337 e. The van der Waals surface area contributed by atoms with Gasteiger partial charge in [-0.3, -0.25) is 9.69 Å². The molecule has 0 unspecified atom stereocenters. The summed E-state index contributed by atoms with van der Waals surface area (Å²) in [7, 11) is 0. The van der Waals surface area contributed by atoms with Crippen LogP contribution in [0, 0.1) is 0 Å². The van der Waals surface area contributed by atoms with E-state index >= 15 is 0 Å². The molecule has 0 spiro atoms. The minimum atomic E-state index is -1.05. The summed E-state index contributed by atoms with van der Waals surface area (Å²) in [5.41, 5.74) is 0.438. The Labute approximate surface area is 106 Å². The van der Waals surface area contributed by atoms with Crippen molar-refractivity contribution in [2.75, 3.05) is 25.0 Å². The third kappa shape index (κ3) is 3.85. The minimum absolute atomic E-state index is 0.102. The van der Waals surface area contributed by atoms with Crippen LogP contribution in [0.15, 0.2) is 24.3 Å². The number of likely N-dealkylation sites (N-methyl/N-ethyl adjacent to an activating group) is 1. The highest BCUT2D eigenvalue weighted by atomic mass is 16.4. The highest BCUT2D eigenvalue weighted by Crippen LogP contribution is 2.14. The fourth-order valence-corrected chi connectivity index (χ4v) is 1.62. The van der Waals surface area contributed by atoms with Crippen molar-refractivity contribution in [3.05, 3.63) is 29.8 Å². The number of carbonyl (C=O) groups is 2. The van der Waals surface area contributed by atoms with Crippen molar-refractivity contribution in [2.45, 2.75) is 13.8 Å². The fourth-order valence-electron chi connectivity index (χ4n) is 1.62. The summed E-state index contributed by atoms with van der Waals surface area (Å²) in [5, 5.41) is 11.6. The molecular formula is C13H18N2O3. The molecule has 0 aliphatic carbocycles. The molecule has 1 aromatic rings. The Kier molecular flexibility index (Phi) is 5.32. The number of amides is 1. The van der Waals surface area contributed by atoms with E-state index in [1.807, 2.05) is 18.7 Å². The summed E-state index contributed by atoms with van der Waals surface area (Å²) in [6.07, 6.45) is 0. The standard InChI is InChI=1S/C13H18N2O3/c1-3-15(4-2)9-12(16)14-11-8-6-5-7-10(11)13(17)18/h5-8H,3-4,9H2,1-2H3,(H,14,16)(H,17,18). The molecule has 1 aromatic carbocycles. The number of carboxylic acid groups (broad SMARTS) is 1. The van der Waals surface area contributed by atoms with Crippen LogP contribution < -0.4 is 5.32 Å². The Bertz CT molecular complexity index is 428. The number of hydrogen-bond acceptors (Lipinski definition) is 3. The Morgan fingerprint density at radius 2 is 1.83 bits per heavy atom. The Morgan fingerprint density at radius 1 is 1.22 bits per heavy atom. The first-order chi connectivity index (χ1) is 8.58. The van der Waals surface area contributed by atoms with Gasteiger partial charge in [0, 0.05) is 0 Å². The van der Waals surface area contributed by atoms with Gasteiger partial charge in [0.2, 0.25) is 5.91 Å². The van der Waals surface area contributed by atoms with Crippen molar-refractivity contribution < 1.29 is 14.7 Å². The predicted octanol–water partition coefficient (Wildman–Crippen LogP) is 1.67. The van der Waals surface area contributed by atoms with E-state index in [1.165, 1.54) is 6.07 Å². The van der Waals surface area contributed by atoms with Crippen molar-refractivity contribution >= 4 is 17.6 Å². The zero-order valence-corrected chi connectivity index (χ0v) is 10.6. The number of anilines is 1. The second-order valence-corrected chi connectivity index (χ2v) is 3.86. The van der Waals surface area contributed by atoms with Crippen LogP contribution in [0.25, 0.3) is 0 Å². The lowest BCUT2D eigenvalue weighted by atomic mass is 10.2. The normalized spacial score (nSPS) is 10.4. The molecule has 0 bridgehead atoms. The Balaban J connectivity index is 2.73. The number of para-hydroxylation sites is 1. The minimum Gasteiger partial charge on any atom is -0.478 e. The summed E-state index contributed by atoms with van der Waals surface area (Å²) in [6.45, 7) is 5.78. The summed E-state index contributed by atoms with van der Waals surface area (Å²) in [4.78, 5) is 24.7. The van der Waals surface area contributed by atoms with Crippen LogP contribution >= 0.6 is 0 Å². The van der Waals surface area contributed by atoms with E-state index in [0.29, 0.717) is 5.69 Å². The van der Waals surface area contributed by atoms with Gasteiger partial charge >= 0.3 is 5.97 Å². The molecule has 0 aliphatic rings. The summed E-state index contributed by atoms with van der Waals surface area (Å²) in [6, 6.07) is 6.38. The van der Waals surface area contributed by atoms with Gasteiger partial charge in [-0.05, 0) is 25.2 Å². The summed E-state index contributed by atoms with van der Waals surface area (Å²) < 4.78 is 0. The Hall–Kier alpha value is -1.88. The first-order valence-corrected chi connectivity index (χ1v) is 5.93. The first kappa shape index (κ1) is 14.2. The highest BCUT2D eigenvalue weighted by Gasteiger charge is 2.12.